The molecule has 2 rings (SSSR count). The predicted octanol–water partition coefficient (Wildman–Crippen LogP) is -0.646. The van der Waals surface area contributed by atoms with Crippen LogP contribution in [0.4, 0.5) is 0 Å². The quantitative estimate of drug-likeness (QED) is 0.627. The minimum atomic E-state index is -0.520. The molecule has 0 aliphatic carbocycles. The summed E-state index contributed by atoms with van der Waals surface area (Å²) in [6.45, 7) is 0.386. The normalized spacial score (nSPS) is 10.8. The molecule has 0 fully saturated rings. The number of hydrogen-bond donors (Lipinski definition) is 3. The molecule has 6 nitrogen and oxygen atoms in total. The third kappa shape index (κ3) is 1.59. The smallest absolute Gasteiger partial charge is 0.328 e. The van der Waals surface area contributed by atoms with E-state index in [1.54, 1.807) is 0 Å². The summed E-state index contributed by atoms with van der Waals surface area (Å²) in [5, 5.41) is 9.59. The van der Waals surface area contributed by atoms with E-state index in [0.717, 1.165) is 4.57 Å². The zero-order valence-electron chi connectivity index (χ0n) is 8.43. The highest BCUT2D eigenvalue weighted by atomic mass is 16.3. The molecule has 1 aromatic heterocycles. The van der Waals surface area contributed by atoms with Gasteiger partial charge in [-0.3, -0.25) is 9.36 Å². The Labute approximate surface area is 89.9 Å². The number of nitrogens with zero attached hydrogens (tertiary/aromatic N) is 1. The molecule has 0 saturated heterocycles. The van der Waals surface area contributed by atoms with Crippen LogP contribution in [0.1, 0.15) is 0 Å². The Morgan fingerprint density at radius 1 is 1.38 bits per heavy atom. The Morgan fingerprint density at radius 3 is 2.81 bits per heavy atom. The third-order valence-electron chi connectivity index (χ3n) is 2.32. The number of rotatable bonds is 2. The first-order valence-corrected chi connectivity index (χ1v) is 4.79. The summed E-state index contributed by atoms with van der Waals surface area (Å²) in [5.41, 5.74) is 4.72. The lowest BCUT2D eigenvalue weighted by molar-refractivity contribution is 0.476. The summed E-state index contributed by atoms with van der Waals surface area (Å²) in [4.78, 5) is 25.9. The van der Waals surface area contributed by atoms with E-state index in [0.29, 0.717) is 10.9 Å². The maximum atomic E-state index is 11.9. The summed E-state index contributed by atoms with van der Waals surface area (Å²) in [7, 11) is 0. The molecule has 0 bridgehead atoms. The SMILES string of the molecule is NCCn1c(=O)[nH]c2cc(O)ccc2c1=O. The molecule has 6 heteroatoms. The fraction of sp³-hybridized carbons (Fsp3) is 0.200. The maximum Gasteiger partial charge on any atom is 0.328 e. The van der Waals surface area contributed by atoms with E-state index in [9.17, 15) is 14.7 Å². The number of H-pyrrole nitrogens is 1. The van der Waals surface area contributed by atoms with E-state index in [2.05, 4.69) is 4.98 Å². The second-order valence-corrected chi connectivity index (χ2v) is 3.41. The van der Waals surface area contributed by atoms with Crippen molar-refractivity contribution in [3.8, 4) is 5.75 Å². The zero-order chi connectivity index (χ0) is 11.7. The van der Waals surface area contributed by atoms with Gasteiger partial charge in [0.1, 0.15) is 5.75 Å². The molecule has 0 amide bonds. The van der Waals surface area contributed by atoms with E-state index in [1.165, 1.54) is 18.2 Å². The van der Waals surface area contributed by atoms with Crippen LogP contribution in [-0.4, -0.2) is 21.2 Å². The van der Waals surface area contributed by atoms with Gasteiger partial charge in [-0.05, 0) is 12.1 Å². The van der Waals surface area contributed by atoms with Crippen molar-refractivity contribution < 1.29 is 5.11 Å². The summed E-state index contributed by atoms with van der Waals surface area (Å²) < 4.78 is 1.04. The fourth-order valence-corrected chi connectivity index (χ4v) is 1.57. The highest BCUT2D eigenvalue weighted by Crippen LogP contribution is 2.13. The van der Waals surface area contributed by atoms with Gasteiger partial charge in [0.25, 0.3) is 5.56 Å². The van der Waals surface area contributed by atoms with Crippen molar-refractivity contribution in [1.29, 1.82) is 0 Å². The van der Waals surface area contributed by atoms with Gasteiger partial charge < -0.3 is 15.8 Å². The molecule has 1 aromatic carbocycles. The summed E-state index contributed by atoms with van der Waals surface area (Å²) in [6, 6.07) is 4.20. The van der Waals surface area contributed by atoms with Gasteiger partial charge >= 0.3 is 5.69 Å². The van der Waals surface area contributed by atoms with Gasteiger partial charge in [0.05, 0.1) is 10.9 Å². The second kappa shape index (κ2) is 3.82. The summed E-state index contributed by atoms with van der Waals surface area (Å²) in [5.74, 6) is -0.000810. The number of nitrogens with two attached hydrogens (primary N) is 1. The zero-order valence-corrected chi connectivity index (χ0v) is 8.43. The highest BCUT2D eigenvalue weighted by molar-refractivity contribution is 5.78. The van der Waals surface area contributed by atoms with E-state index < -0.39 is 11.2 Å². The lowest BCUT2D eigenvalue weighted by Crippen LogP contribution is -2.36. The molecule has 0 aliphatic rings. The highest BCUT2D eigenvalue weighted by Gasteiger charge is 2.06. The second-order valence-electron chi connectivity index (χ2n) is 3.41. The molecule has 0 radical (unpaired) electrons. The van der Waals surface area contributed by atoms with Crippen LogP contribution in [0.15, 0.2) is 27.8 Å². The van der Waals surface area contributed by atoms with Gasteiger partial charge in [-0.25, -0.2) is 4.79 Å². The Kier molecular flexibility index (Phi) is 2.49. The topological polar surface area (TPSA) is 101 Å². The van der Waals surface area contributed by atoms with Crippen molar-refractivity contribution in [3.05, 3.63) is 39.0 Å². The van der Waals surface area contributed by atoms with Crippen LogP contribution in [0, 0.1) is 0 Å². The Balaban J connectivity index is 2.84. The molecule has 16 heavy (non-hydrogen) atoms. The number of fused-ring (bicyclic) bond motifs is 1. The average molecular weight is 221 g/mol. The van der Waals surface area contributed by atoms with Gasteiger partial charge in [0.2, 0.25) is 0 Å². The van der Waals surface area contributed by atoms with Crippen LogP contribution in [0.25, 0.3) is 10.9 Å². The van der Waals surface area contributed by atoms with E-state index in [4.69, 9.17) is 5.73 Å². The number of aromatic amines is 1. The van der Waals surface area contributed by atoms with Crippen LogP contribution < -0.4 is 17.0 Å². The van der Waals surface area contributed by atoms with E-state index in [-0.39, 0.29) is 18.8 Å². The number of aromatic nitrogens is 2. The maximum absolute atomic E-state index is 11.9. The molecule has 0 unspecified atom stereocenters. The first-order chi connectivity index (χ1) is 7.63. The molecular weight excluding hydrogens is 210 g/mol. The van der Waals surface area contributed by atoms with Crippen LogP contribution in [0.3, 0.4) is 0 Å². The molecule has 84 valence electrons. The van der Waals surface area contributed by atoms with Crippen molar-refractivity contribution in [2.24, 2.45) is 5.73 Å². The molecule has 0 spiro atoms. The van der Waals surface area contributed by atoms with Crippen molar-refractivity contribution in [2.75, 3.05) is 6.54 Å². The van der Waals surface area contributed by atoms with Gasteiger partial charge in [-0.15, -0.1) is 0 Å². The third-order valence-corrected chi connectivity index (χ3v) is 2.32. The minimum absolute atomic E-state index is 0.000810. The van der Waals surface area contributed by atoms with Gasteiger partial charge in [0, 0.05) is 19.2 Å². The average Bonchev–Trinajstić information content (AvgIpc) is 2.23. The molecule has 0 saturated carbocycles. The van der Waals surface area contributed by atoms with Gasteiger partial charge in [-0.1, -0.05) is 0 Å². The van der Waals surface area contributed by atoms with Crippen molar-refractivity contribution in [1.82, 2.24) is 9.55 Å². The van der Waals surface area contributed by atoms with Gasteiger partial charge in [-0.2, -0.15) is 0 Å². The van der Waals surface area contributed by atoms with Crippen molar-refractivity contribution in [3.63, 3.8) is 0 Å². The number of aromatic hydroxyl groups is 1. The Morgan fingerprint density at radius 2 is 2.12 bits per heavy atom. The largest absolute Gasteiger partial charge is 0.508 e. The van der Waals surface area contributed by atoms with Crippen molar-refractivity contribution in [2.45, 2.75) is 6.54 Å². The molecule has 2 aromatic rings. The first-order valence-electron chi connectivity index (χ1n) is 4.79. The van der Waals surface area contributed by atoms with E-state index >= 15 is 0 Å². The fourth-order valence-electron chi connectivity index (χ4n) is 1.57. The molecule has 0 atom stereocenters. The van der Waals surface area contributed by atoms with Gasteiger partial charge in [0.15, 0.2) is 0 Å². The van der Waals surface area contributed by atoms with Crippen LogP contribution in [0.5, 0.6) is 5.75 Å². The minimum Gasteiger partial charge on any atom is -0.508 e. The standard InChI is InChI=1S/C10H11N3O3/c11-3-4-13-9(15)7-2-1-6(14)5-8(7)12-10(13)16/h1-2,5,14H,3-4,11H2,(H,12,16). The first kappa shape index (κ1) is 10.4. The number of nitrogens with one attached hydrogen (secondary N) is 1. The Hall–Kier alpha value is -2.08. The summed E-state index contributed by atoms with van der Waals surface area (Å²) >= 11 is 0. The lowest BCUT2D eigenvalue weighted by atomic mass is 10.2. The molecule has 0 aliphatic heterocycles. The Bertz CT molecular complexity index is 642. The lowest BCUT2D eigenvalue weighted by Gasteiger charge is -2.04. The van der Waals surface area contributed by atoms with Crippen LogP contribution in [0.2, 0.25) is 0 Å². The molecule has 1 heterocycles. The van der Waals surface area contributed by atoms with Crippen LogP contribution >= 0.6 is 0 Å². The monoisotopic (exact) mass is 221 g/mol. The number of hydrogen-bond acceptors (Lipinski definition) is 4. The number of benzene rings is 1. The molecule has 4 N–H and O–H groups in total. The number of phenolic OH excluding ortho intramolecular Hbond substituents is 1. The summed E-state index contributed by atoms with van der Waals surface area (Å²) in [6.07, 6.45) is 0. The van der Waals surface area contributed by atoms with Crippen molar-refractivity contribution >= 4 is 10.9 Å². The van der Waals surface area contributed by atoms with E-state index in [1.807, 2.05) is 0 Å². The van der Waals surface area contributed by atoms with Crippen LogP contribution in [-0.2, 0) is 6.54 Å². The molecular formula is C10H11N3O3. The number of phenols is 1. The predicted molar refractivity (Wildman–Crippen MR) is 59.5 cm³/mol.